The van der Waals surface area contributed by atoms with E-state index in [0.717, 1.165) is 29.8 Å². The van der Waals surface area contributed by atoms with Crippen LogP contribution in [0.5, 0.6) is 5.75 Å². The van der Waals surface area contributed by atoms with Crippen LogP contribution in [0.15, 0.2) is 54.6 Å². The van der Waals surface area contributed by atoms with E-state index in [-0.39, 0.29) is 5.41 Å². The van der Waals surface area contributed by atoms with Crippen molar-refractivity contribution in [1.29, 1.82) is 5.26 Å². The van der Waals surface area contributed by atoms with Crippen molar-refractivity contribution in [3.63, 3.8) is 0 Å². The molecule has 21 heavy (non-hydrogen) atoms. The summed E-state index contributed by atoms with van der Waals surface area (Å²) in [5, 5.41) is 13.1. The number of anilines is 1. The summed E-state index contributed by atoms with van der Waals surface area (Å²) >= 11 is 0. The highest BCUT2D eigenvalue weighted by atomic mass is 16.5. The van der Waals surface area contributed by atoms with Crippen LogP contribution < -0.4 is 10.1 Å². The number of para-hydroxylation sites is 2. The molecule has 1 fully saturated rings. The Bertz CT molecular complexity index is 654. The lowest BCUT2D eigenvalue weighted by Gasteiger charge is -2.43. The minimum atomic E-state index is -0.346. The number of ether oxygens (including phenoxy) is 1. The fourth-order valence-electron chi connectivity index (χ4n) is 3.02. The lowest BCUT2D eigenvalue weighted by Crippen LogP contribution is -2.47. The molecule has 0 unspecified atom stereocenters. The van der Waals surface area contributed by atoms with Crippen molar-refractivity contribution < 1.29 is 4.74 Å². The Morgan fingerprint density at radius 1 is 1.10 bits per heavy atom. The van der Waals surface area contributed by atoms with Crippen molar-refractivity contribution in [2.45, 2.75) is 24.3 Å². The highest BCUT2D eigenvalue weighted by molar-refractivity contribution is 5.57. The summed E-state index contributed by atoms with van der Waals surface area (Å²) in [6.45, 7) is 0. The van der Waals surface area contributed by atoms with Crippen LogP contribution in [0.2, 0.25) is 0 Å². The van der Waals surface area contributed by atoms with E-state index >= 15 is 0 Å². The van der Waals surface area contributed by atoms with Gasteiger partial charge in [-0.1, -0.05) is 42.5 Å². The van der Waals surface area contributed by atoms with Crippen LogP contribution in [0.1, 0.15) is 18.4 Å². The molecule has 0 saturated heterocycles. The second kappa shape index (κ2) is 5.49. The van der Waals surface area contributed by atoms with Gasteiger partial charge in [-0.3, -0.25) is 0 Å². The monoisotopic (exact) mass is 278 g/mol. The topological polar surface area (TPSA) is 45.0 Å². The van der Waals surface area contributed by atoms with E-state index in [1.54, 1.807) is 7.11 Å². The third kappa shape index (κ3) is 2.45. The van der Waals surface area contributed by atoms with Crippen LogP contribution in [0.3, 0.4) is 0 Å². The van der Waals surface area contributed by atoms with Crippen molar-refractivity contribution in [3.8, 4) is 11.8 Å². The van der Waals surface area contributed by atoms with Crippen molar-refractivity contribution in [1.82, 2.24) is 0 Å². The molecule has 1 aliphatic carbocycles. The van der Waals surface area contributed by atoms with Crippen molar-refractivity contribution in [3.05, 3.63) is 60.2 Å². The van der Waals surface area contributed by atoms with Gasteiger partial charge in [0.2, 0.25) is 0 Å². The van der Waals surface area contributed by atoms with Gasteiger partial charge in [0, 0.05) is 6.04 Å². The van der Waals surface area contributed by atoms with E-state index in [9.17, 15) is 5.26 Å². The summed E-state index contributed by atoms with van der Waals surface area (Å²) in [5.41, 5.74) is 1.76. The normalized spacial score (nSPS) is 23.7. The highest BCUT2D eigenvalue weighted by Crippen LogP contribution is 2.45. The average molecular weight is 278 g/mol. The van der Waals surface area contributed by atoms with Gasteiger partial charge in [0.15, 0.2) is 0 Å². The molecule has 0 spiro atoms. The van der Waals surface area contributed by atoms with Crippen molar-refractivity contribution in [2.75, 3.05) is 12.4 Å². The largest absolute Gasteiger partial charge is 0.495 e. The Labute approximate surface area is 125 Å². The molecule has 3 heteroatoms. The lowest BCUT2D eigenvalue weighted by molar-refractivity contribution is 0.288. The zero-order valence-corrected chi connectivity index (χ0v) is 12.0. The zero-order valence-electron chi connectivity index (χ0n) is 12.0. The van der Waals surface area contributed by atoms with Crippen molar-refractivity contribution in [2.24, 2.45) is 0 Å². The maximum absolute atomic E-state index is 9.57. The zero-order chi connectivity index (χ0) is 14.7. The summed E-state index contributed by atoms with van der Waals surface area (Å²) in [7, 11) is 1.67. The smallest absolute Gasteiger partial charge is 0.141 e. The number of methoxy groups -OCH3 is 1. The molecule has 0 atom stereocenters. The number of benzene rings is 2. The van der Waals surface area contributed by atoms with E-state index in [2.05, 4.69) is 11.4 Å². The molecule has 2 aromatic rings. The molecule has 1 saturated carbocycles. The van der Waals surface area contributed by atoms with E-state index < -0.39 is 0 Å². The van der Waals surface area contributed by atoms with E-state index in [4.69, 9.17) is 4.74 Å². The molecular formula is C18H18N2O. The fraction of sp³-hybridized carbons (Fsp3) is 0.278. The molecule has 0 amide bonds. The predicted octanol–water partition coefficient (Wildman–Crippen LogP) is 3.73. The molecular weight excluding hydrogens is 260 g/mol. The molecule has 0 bridgehead atoms. The molecule has 3 rings (SSSR count). The minimum absolute atomic E-state index is 0.307. The standard InChI is InChI=1S/C18H18N2O/c1-21-17-10-6-5-9-16(17)20-15-11-18(12-15,13-19)14-7-3-2-4-8-14/h2-10,15,20H,11-12H2,1H3. The molecule has 2 aromatic carbocycles. The summed E-state index contributed by atoms with van der Waals surface area (Å²) in [4.78, 5) is 0. The van der Waals surface area contributed by atoms with Crippen LogP contribution in [-0.2, 0) is 5.41 Å². The molecule has 0 aromatic heterocycles. The first-order chi connectivity index (χ1) is 10.3. The van der Waals surface area contributed by atoms with Crippen LogP contribution in [0, 0.1) is 11.3 Å². The second-order valence-corrected chi connectivity index (χ2v) is 5.51. The number of nitrogens with zero attached hydrogens (tertiary/aromatic N) is 1. The first-order valence-electron chi connectivity index (χ1n) is 7.14. The maximum atomic E-state index is 9.57. The van der Waals surface area contributed by atoms with Crippen LogP contribution in [-0.4, -0.2) is 13.2 Å². The number of nitrogens with one attached hydrogen (secondary N) is 1. The Balaban J connectivity index is 1.72. The van der Waals surface area contributed by atoms with Gasteiger partial charge in [0.25, 0.3) is 0 Å². The molecule has 1 N–H and O–H groups in total. The van der Waals surface area contributed by atoms with Gasteiger partial charge >= 0.3 is 0 Å². The summed E-state index contributed by atoms with van der Waals surface area (Å²) in [5.74, 6) is 0.840. The summed E-state index contributed by atoms with van der Waals surface area (Å²) in [6, 6.07) is 20.8. The van der Waals surface area contributed by atoms with Gasteiger partial charge in [-0.25, -0.2) is 0 Å². The van der Waals surface area contributed by atoms with Crippen LogP contribution in [0.4, 0.5) is 5.69 Å². The third-order valence-electron chi connectivity index (χ3n) is 4.20. The van der Waals surface area contributed by atoms with Gasteiger partial charge in [0.1, 0.15) is 5.75 Å². The third-order valence-corrected chi connectivity index (χ3v) is 4.20. The Morgan fingerprint density at radius 3 is 2.43 bits per heavy atom. The van der Waals surface area contributed by atoms with E-state index in [1.807, 2.05) is 54.6 Å². The maximum Gasteiger partial charge on any atom is 0.141 e. The quantitative estimate of drug-likeness (QED) is 0.926. The number of rotatable bonds is 4. The van der Waals surface area contributed by atoms with E-state index in [1.165, 1.54) is 0 Å². The van der Waals surface area contributed by atoms with Crippen molar-refractivity contribution >= 4 is 5.69 Å². The second-order valence-electron chi connectivity index (χ2n) is 5.51. The van der Waals surface area contributed by atoms with Gasteiger partial charge in [-0.2, -0.15) is 5.26 Å². The molecule has 1 aliphatic rings. The highest BCUT2D eigenvalue weighted by Gasteiger charge is 2.46. The molecule has 0 aliphatic heterocycles. The first kappa shape index (κ1) is 13.5. The van der Waals surface area contributed by atoms with Gasteiger partial charge in [0.05, 0.1) is 24.3 Å². The Hall–Kier alpha value is -2.47. The first-order valence-corrected chi connectivity index (χ1v) is 7.14. The summed E-state index contributed by atoms with van der Waals surface area (Å²) < 4.78 is 5.35. The Kier molecular flexibility index (Phi) is 3.53. The minimum Gasteiger partial charge on any atom is -0.495 e. The number of hydrogen-bond acceptors (Lipinski definition) is 3. The number of nitriles is 1. The fourth-order valence-corrected chi connectivity index (χ4v) is 3.02. The van der Waals surface area contributed by atoms with Gasteiger partial charge in [-0.05, 0) is 30.5 Å². The van der Waals surface area contributed by atoms with Gasteiger partial charge in [-0.15, -0.1) is 0 Å². The SMILES string of the molecule is COc1ccccc1NC1CC(C#N)(c2ccccc2)C1. The molecule has 0 radical (unpaired) electrons. The Morgan fingerprint density at radius 2 is 1.76 bits per heavy atom. The average Bonchev–Trinajstić information content (AvgIpc) is 2.52. The summed E-state index contributed by atoms with van der Waals surface area (Å²) in [6.07, 6.45) is 1.65. The van der Waals surface area contributed by atoms with Gasteiger partial charge < -0.3 is 10.1 Å². The lowest BCUT2D eigenvalue weighted by atomic mass is 9.62. The van der Waals surface area contributed by atoms with E-state index in [0.29, 0.717) is 6.04 Å². The predicted molar refractivity (Wildman–Crippen MR) is 83.4 cm³/mol. The van der Waals surface area contributed by atoms with Crippen LogP contribution in [0.25, 0.3) is 0 Å². The molecule has 3 nitrogen and oxygen atoms in total. The molecule has 0 heterocycles. The molecule has 106 valence electrons. The van der Waals surface area contributed by atoms with Crippen LogP contribution >= 0.6 is 0 Å². The number of hydrogen-bond donors (Lipinski definition) is 1.